The number of para-hydroxylation sites is 1. The second-order valence-corrected chi connectivity index (χ2v) is 6.39. The Morgan fingerprint density at radius 2 is 2.00 bits per heavy atom. The molecule has 0 aliphatic carbocycles. The number of amides is 1. The molecular weight excluding hydrogens is 282 g/mol. The Hall–Kier alpha value is -1.46. The largest absolute Gasteiger partial charge is 0.339 e. The van der Waals surface area contributed by atoms with Crippen LogP contribution in [-0.4, -0.2) is 29.4 Å². The third kappa shape index (κ3) is 4.79. The van der Waals surface area contributed by atoms with Crippen molar-refractivity contribution >= 4 is 27.5 Å². The molecule has 1 amide bonds. The van der Waals surface area contributed by atoms with Gasteiger partial charge in [0.2, 0.25) is 5.91 Å². The monoisotopic (exact) mass is 305 g/mol. The van der Waals surface area contributed by atoms with Crippen LogP contribution in [0.15, 0.2) is 24.3 Å². The van der Waals surface area contributed by atoms with Gasteiger partial charge in [-0.25, -0.2) is 4.98 Å². The molecule has 0 aliphatic rings. The maximum Gasteiger partial charge on any atom is 0.222 e. The number of rotatable bonds is 8. The molecule has 1 aromatic heterocycles. The van der Waals surface area contributed by atoms with E-state index in [1.54, 1.807) is 16.2 Å². The van der Waals surface area contributed by atoms with Gasteiger partial charge in [0.25, 0.3) is 0 Å². The third-order valence-corrected chi connectivity index (χ3v) is 4.50. The normalized spacial score (nSPS) is 11.0. The van der Waals surface area contributed by atoms with Crippen LogP contribution in [0.5, 0.6) is 0 Å². The van der Waals surface area contributed by atoms with E-state index in [0.29, 0.717) is 13.0 Å². The van der Waals surface area contributed by atoms with Crippen LogP contribution in [0.4, 0.5) is 0 Å². The number of benzene rings is 1. The lowest BCUT2D eigenvalue weighted by Crippen LogP contribution is -2.25. The number of nitrogens with two attached hydrogens (primary N) is 1. The van der Waals surface area contributed by atoms with E-state index in [-0.39, 0.29) is 5.91 Å². The number of unbranched alkanes of at least 4 members (excludes halogenated alkanes) is 3. The summed E-state index contributed by atoms with van der Waals surface area (Å²) < 4.78 is 1.18. The van der Waals surface area contributed by atoms with Gasteiger partial charge in [-0.2, -0.15) is 0 Å². The lowest BCUT2D eigenvalue weighted by atomic mass is 10.1. The standard InChI is InChI=1S/C16H23N3OS/c1-19(16(20)10-4-2-3-7-11-17)12-15-18-13-8-5-6-9-14(13)21-15/h5-6,8-9H,2-4,7,10-12,17H2,1H3. The number of nitrogens with zero attached hydrogens (tertiary/aromatic N) is 2. The molecule has 0 saturated carbocycles. The number of fused-ring (bicyclic) bond motifs is 1. The topological polar surface area (TPSA) is 59.2 Å². The number of hydrogen-bond acceptors (Lipinski definition) is 4. The molecule has 0 radical (unpaired) electrons. The molecular formula is C16H23N3OS. The Labute approximate surface area is 130 Å². The molecule has 0 aliphatic heterocycles. The highest BCUT2D eigenvalue weighted by Gasteiger charge is 2.11. The zero-order chi connectivity index (χ0) is 15.1. The van der Waals surface area contributed by atoms with Gasteiger partial charge < -0.3 is 10.6 Å². The molecule has 2 rings (SSSR count). The lowest BCUT2D eigenvalue weighted by molar-refractivity contribution is -0.130. The highest BCUT2D eigenvalue weighted by molar-refractivity contribution is 7.18. The van der Waals surface area contributed by atoms with Gasteiger partial charge in [-0.1, -0.05) is 25.0 Å². The second-order valence-electron chi connectivity index (χ2n) is 5.28. The first-order valence-electron chi connectivity index (χ1n) is 7.49. The predicted molar refractivity (Wildman–Crippen MR) is 88.2 cm³/mol. The molecule has 0 atom stereocenters. The van der Waals surface area contributed by atoms with Gasteiger partial charge in [-0.3, -0.25) is 4.79 Å². The van der Waals surface area contributed by atoms with Crippen molar-refractivity contribution in [3.05, 3.63) is 29.3 Å². The van der Waals surface area contributed by atoms with Crippen molar-refractivity contribution in [1.82, 2.24) is 9.88 Å². The van der Waals surface area contributed by atoms with Gasteiger partial charge in [0, 0.05) is 13.5 Å². The van der Waals surface area contributed by atoms with Gasteiger partial charge in [-0.05, 0) is 31.5 Å². The number of thiazole rings is 1. The number of carbonyl (C=O) groups excluding carboxylic acids is 1. The molecule has 0 unspecified atom stereocenters. The van der Waals surface area contributed by atoms with Crippen molar-refractivity contribution in [3.63, 3.8) is 0 Å². The summed E-state index contributed by atoms with van der Waals surface area (Å²) in [6.07, 6.45) is 4.81. The van der Waals surface area contributed by atoms with Crippen LogP contribution in [0.3, 0.4) is 0 Å². The van der Waals surface area contributed by atoms with E-state index < -0.39 is 0 Å². The molecule has 1 aromatic carbocycles. The minimum absolute atomic E-state index is 0.196. The quantitative estimate of drug-likeness (QED) is 0.762. The fourth-order valence-corrected chi connectivity index (χ4v) is 3.26. The van der Waals surface area contributed by atoms with E-state index >= 15 is 0 Å². The van der Waals surface area contributed by atoms with Crippen molar-refractivity contribution in [2.24, 2.45) is 5.73 Å². The zero-order valence-electron chi connectivity index (χ0n) is 12.5. The van der Waals surface area contributed by atoms with Crippen molar-refractivity contribution in [1.29, 1.82) is 0 Å². The summed E-state index contributed by atoms with van der Waals surface area (Å²) in [5.74, 6) is 0.196. The molecule has 4 nitrogen and oxygen atoms in total. The Morgan fingerprint density at radius 3 is 2.76 bits per heavy atom. The van der Waals surface area contributed by atoms with Gasteiger partial charge >= 0.3 is 0 Å². The van der Waals surface area contributed by atoms with Crippen LogP contribution >= 0.6 is 11.3 Å². The van der Waals surface area contributed by atoms with Crippen molar-refractivity contribution in [2.45, 2.75) is 38.6 Å². The fourth-order valence-electron chi connectivity index (χ4n) is 2.24. The molecule has 0 fully saturated rings. The molecule has 2 N–H and O–H groups in total. The summed E-state index contributed by atoms with van der Waals surface area (Å²) in [6, 6.07) is 8.08. The lowest BCUT2D eigenvalue weighted by Gasteiger charge is -2.15. The zero-order valence-corrected chi connectivity index (χ0v) is 13.4. The van der Waals surface area contributed by atoms with Gasteiger partial charge in [0.1, 0.15) is 5.01 Å². The first-order valence-corrected chi connectivity index (χ1v) is 8.31. The van der Waals surface area contributed by atoms with E-state index in [1.165, 1.54) is 4.70 Å². The molecule has 0 bridgehead atoms. The summed E-state index contributed by atoms with van der Waals surface area (Å²) in [5.41, 5.74) is 6.47. The molecule has 2 aromatic rings. The van der Waals surface area contributed by atoms with Crippen LogP contribution in [0.2, 0.25) is 0 Å². The Bertz CT molecular complexity index is 549. The highest BCUT2D eigenvalue weighted by atomic mass is 32.1. The summed E-state index contributed by atoms with van der Waals surface area (Å²) in [7, 11) is 1.86. The fraction of sp³-hybridized carbons (Fsp3) is 0.500. The van der Waals surface area contributed by atoms with Crippen molar-refractivity contribution in [3.8, 4) is 0 Å². The third-order valence-electron chi connectivity index (χ3n) is 3.48. The number of carbonyl (C=O) groups is 1. The summed E-state index contributed by atoms with van der Waals surface area (Å²) in [5, 5.41) is 0.996. The smallest absolute Gasteiger partial charge is 0.222 e. The van der Waals surface area contributed by atoms with Crippen LogP contribution in [-0.2, 0) is 11.3 Å². The molecule has 21 heavy (non-hydrogen) atoms. The minimum atomic E-state index is 0.196. The first-order chi connectivity index (χ1) is 10.2. The van der Waals surface area contributed by atoms with Crippen LogP contribution in [0.1, 0.15) is 37.1 Å². The van der Waals surface area contributed by atoms with Gasteiger partial charge in [0.15, 0.2) is 0 Å². The molecule has 5 heteroatoms. The Morgan fingerprint density at radius 1 is 1.24 bits per heavy atom. The summed E-state index contributed by atoms with van der Waals surface area (Å²) in [6.45, 7) is 1.34. The van der Waals surface area contributed by atoms with Crippen LogP contribution in [0.25, 0.3) is 10.2 Å². The van der Waals surface area contributed by atoms with Crippen LogP contribution < -0.4 is 5.73 Å². The van der Waals surface area contributed by atoms with E-state index in [4.69, 9.17) is 5.73 Å². The van der Waals surface area contributed by atoms with E-state index in [9.17, 15) is 4.79 Å². The molecule has 1 heterocycles. The van der Waals surface area contributed by atoms with Crippen molar-refractivity contribution in [2.75, 3.05) is 13.6 Å². The average molecular weight is 305 g/mol. The average Bonchev–Trinajstić information content (AvgIpc) is 2.88. The van der Waals surface area contributed by atoms with E-state index in [1.807, 2.05) is 25.2 Å². The maximum atomic E-state index is 12.1. The molecule has 0 saturated heterocycles. The van der Waals surface area contributed by atoms with E-state index in [0.717, 1.165) is 42.8 Å². The van der Waals surface area contributed by atoms with Crippen LogP contribution in [0, 0.1) is 0 Å². The maximum absolute atomic E-state index is 12.1. The van der Waals surface area contributed by atoms with Gasteiger partial charge in [-0.15, -0.1) is 11.3 Å². The second kappa shape index (κ2) is 8.10. The summed E-state index contributed by atoms with van der Waals surface area (Å²) in [4.78, 5) is 18.4. The predicted octanol–water partition coefficient (Wildman–Crippen LogP) is 3.16. The highest BCUT2D eigenvalue weighted by Crippen LogP contribution is 2.22. The summed E-state index contributed by atoms with van der Waals surface area (Å²) >= 11 is 1.66. The molecule has 0 spiro atoms. The SMILES string of the molecule is CN(Cc1nc2ccccc2s1)C(=O)CCCCCCN. The van der Waals surface area contributed by atoms with Crippen molar-refractivity contribution < 1.29 is 4.79 Å². The van der Waals surface area contributed by atoms with E-state index in [2.05, 4.69) is 11.1 Å². The Kier molecular flexibility index (Phi) is 6.14. The minimum Gasteiger partial charge on any atom is -0.339 e. The van der Waals surface area contributed by atoms with Gasteiger partial charge in [0.05, 0.1) is 16.8 Å². The molecule has 114 valence electrons. The number of hydrogen-bond donors (Lipinski definition) is 1. The number of aromatic nitrogens is 1. The first kappa shape index (κ1) is 15.9. The Balaban J connectivity index is 1.80.